The Morgan fingerprint density at radius 2 is 1.85 bits per heavy atom. The van der Waals surface area contributed by atoms with E-state index in [1.807, 2.05) is 0 Å². The number of Topliss-reactive ketones (excluding diaryl/α,β-unsaturated/α-hetero) is 1. The molecule has 242 valence electrons. The minimum atomic E-state index is -0.696. The van der Waals surface area contributed by atoms with E-state index < -0.39 is 5.91 Å². The van der Waals surface area contributed by atoms with Gasteiger partial charge >= 0.3 is 0 Å². The molecule has 0 spiro atoms. The van der Waals surface area contributed by atoms with Gasteiger partial charge in [0.25, 0.3) is 11.5 Å². The first-order chi connectivity index (χ1) is 22.0. The third-order valence-electron chi connectivity index (χ3n) is 7.91. The van der Waals surface area contributed by atoms with Crippen molar-refractivity contribution < 1.29 is 19.6 Å². The van der Waals surface area contributed by atoms with E-state index in [1.165, 1.54) is 37.4 Å². The number of anilines is 3. The van der Waals surface area contributed by atoms with E-state index in [9.17, 15) is 19.2 Å². The number of aryl methyl sites for hydroxylation is 1. The number of likely N-dealkylation sites (N-methyl/N-ethyl adjacent to an activating group) is 1. The van der Waals surface area contributed by atoms with Crippen LogP contribution in [0.15, 0.2) is 51.1 Å². The minimum absolute atomic E-state index is 0.0385. The number of fused-ring (bicyclic) bond motifs is 1. The summed E-state index contributed by atoms with van der Waals surface area (Å²) in [5.41, 5.74) is 3.13. The van der Waals surface area contributed by atoms with Crippen molar-refractivity contribution in [1.82, 2.24) is 29.9 Å². The number of ketones is 1. The van der Waals surface area contributed by atoms with Crippen LogP contribution in [-0.4, -0.2) is 80.0 Å². The molecular formula is C31H38N10O5. The summed E-state index contributed by atoms with van der Waals surface area (Å²) < 4.78 is 1.65. The van der Waals surface area contributed by atoms with E-state index in [4.69, 9.17) is 10.2 Å². The van der Waals surface area contributed by atoms with Crippen molar-refractivity contribution in [3.63, 3.8) is 0 Å². The fourth-order valence-electron chi connectivity index (χ4n) is 5.42. The molecule has 15 heteroatoms. The second-order valence-corrected chi connectivity index (χ2v) is 11.1. The van der Waals surface area contributed by atoms with E-state index in [2.05, 4.69) is 32.0 Å². The van der Waals surface area contributed by atoms with Gasteiger partial charge < -0.3 is 15.1 Å². The first kappa shape index (κ1) is 33.6. The van der Waals surface area contributed by atoms with Crippen LogP contribution in [0, 0.1) is 6.92 Å². The molecular weight excluding hydrogens is 592 g/mol. The molecule has 0 saturated heterocycles. The monoisotopic (exact) mass is 630 g/mol. The van der Waals surface area contributed by atoms with E-state index in [0.717, 1.165) is 25.7 Å². The Bertz CT molecular complexity index is 1770. The van der Waals surface area contributed by atoms with Crippen LogP contribution >= 0.6 is 0 Å². The first-order valence-corrected chi connectivity index (χ1v) is 14.8. The van der Waals surface area contributed by atoms with Crippen LogP contribution in [0.1, 0.15) is 68.4 Å². The second kappa shape index (κ2) is 14.6. The molecule has 1 saturated carbocycles. The summed E-state index contributed by atoms with van der Waals surface area (Å²) in [4.78, 5) is 74.7. The maximum Gasteiger partial charge on any atom is 0.271 e. The quantitative estimate of drug-likeness (QED) is 0.0749. The highest BCUT2D eigenvalue weighted by Gasteiger charge is 2.26. The summed E-state index contributed by atoms with van der Waals surface area (Å²) in [6, 6.07) is 3.38. The number of hydrogen-bond donors (Lipinski definition) is 3. The lowest BCUT2D eigenvalue weighted by molar-refractivity contribution is -0.125. The molecule has 3 N–H and O–H groups in total. The van der Waals surface area contributed by atoms with Crippen LogP contribution in [0.3, 0.4) is 0 Å². The molecule has 1 aliphatic rings. The lowest BCUT2D eigenvalue weighted by Gasteiger charge is -2.25. The largest absolute Gasteiger partial charge is 0.342 e. The average Bonchev–Trinajstić information content (AvgIpc) is 3.56. The predicted octanol–water partition coefficient (Wildman–Crippen LogP) is 3.31. The molecule has 3 aromatic rings. The van der Waals surface area contributed by atoms with Crippen molar-refractivity contribution >= 4 is 58.8 Å². The van der Waals surface area contributed by atoms with E-state index in [-0.39, 0.29) is 52.9 Å². The number of hydroxylamine groups is 1. The molecule has 0 radical (unpaired) electrons. The Morgan fingerprint density at radius 1 is 1.13 bits per heavy atom. The molecule has 3 aromatic heterocycles. The molecule has 0 unspecified atom stereocenters. The smallest absolute Gasteiger partial charge is 0.271 e. The summed E-state index contributed by atoms with van der Waals surface area (Å²) >= 11 is 0. The van der Waals surface area contributed by atoms with Gasteiger partial charge in [-0.15, -0.1) is 0 Å². The number of aliphatic imine (C=N–C) groups is 2. The Labute approximate surface area is 265 Å². The number of aromatic nitrogens is 4. The second-order valence-electron chi connectivity index (χ2n) is 11.1. The maximum atomic E-state index is 13.5. The lowest BCUT2D eigenvalue weighted by Crippen LogP contribution is -2.38. The predicted molar refractivity (Wildman–Crippen MR) is 175 cm³/mol. The van der Waals surface area contributed by atoms with Crippen molar-refractivity contribution in [2.45, 2.75) is 59.4 Å². The fraction of sp³-hybridized carbons (Fsp3) is 0.387. The number of carbonyl (C=O) groups excluding carboxylic acids is 3. The Morgan fingerprint density at radius 3 is 2.43 bits per heavy atom. The molecule has 0 aromatic carbocycles. The third-order valence-corrected chi connectivity index (χ3v) is 7.91. The van der Waals surface area contributed by atoms with Crippen LogP contribution in [0.2, 0.25) is 0 Å². The number of rotatable bonds is 10. The normalized spacial score (nSPS) is 13.9. The average molecular weight is 631 g/mol. The van der Waals surface area contributed by atoms with Gasteiger partial charge in [-0.05, 0) is 58.0 Å². The topological polar surface area (TPSA) is 187 Å². The summed E-state index contributed by atoms with van der Waals surface area (Å²) in [6.07, 6.45) is 8.10. The van der Waals surface area contributed by atoms with E-state index in [0.29, 0.717) is 34.6 Å². The van der Waals surface area contributed by atoms with Gasteiger partial charge in [0.05, 0.1) is 17.4 Å². The van der Waals surface area contributed by atoms with Crippen LogP contribution in [0.5, 0.6) is 0 Å². The SMILES string of the molecule is C=NC(=N/C=C(\C)C(=O)NO)N(C)CCN(C(C)=O)c1ccc(Nc2ncc3c(C)c(C(C)=O)c(=O)n(C4CCCC4)c3n2)nc1. The van der Waals surface area contributed by atoms with Crippen molar-refractivity contribution in [2.24, 2.45) is 9.98 Å². The molecule has 0 bridgehead atoms. The van der Waals surface area contributed by atoms with Crippen molar-refractivity contribution in [1.29, 1.82) is 0 Å². The zero-order valence-corrected chi connectivity index (χ0v) is 26.6. The molecule has 15 nitrogen and oxygen atoms in total. The van der Waals surface area contributed by atoms with Crippen LogP contribution in [-0.2, 0) is 9.59 Å². The summed E-state index contributed by atoms with van der Waals surface area (Å²) in [6.45, 7) is 10.2. The fourth-order valence-corrected chi connectivity index (χ4v) is 5.42. The molecule has 4 rings (SSSR count). The van der Waals surface area contributed by atoms with E-state index in [1.54, 1.807) is 48.0 Å². The Kier molecular flexibility index (Phi) is 10.7. The molecule has 2 amide bonds. The highest BCUT2D eigenvalue weighted by molar-refractivity contribution is 5.99. The van der Waals surface area contributed by atoms with Crippen LogP contribution in [0.25, 0.3) is 11.0 Å². The minimum Gasteiger partial charge on any atom is -0.342 e. The number of nitrogens with one attached hydrogen (secondary N) is 2. The molecule has 46 heavy (non-hydrogen) atoms. The zero-order valence-electron chi connectivity index (χ0n) is 26.6. The first-order valence-electron chi connectivity index (χ1n) is 14.8. The number of guanidine groups is 1. The maximum absolute atomic E-state index is 13.5. The highest BCUT2D eigenvalue weighted by atomic mass is 16.5. The zero-order chi connectivity index (χ0) is 33.5. The number of nitrogens with zero attached hydrogens (tertiary/aromatic N) is 8. The van der Waals surface area contributed by atoms with Gasteiger partial charge in [-0.1, -0.05) is 12.8 Å². The highest BCUT2D eigenvalue weighted by Crippen LogP contribution is 2.32. The molecule has 0 atom stereocenters. The van der Waals surface area contributed by atoms with Crippen LogP contribution in [0.4, 0.5) is 17.5 Å². The lowest BCUT2D eigenvalue weighted by atomic mass is 10.0. The summed E-state index contributed by atoms with van der Waals surface area (Å²) in [7, 11) is 1.71. The summed E-state index contributed by atoms with van der Waals surface area (Å²) in [5, 5.41) is 12.5. The molecule has 0 aliphatic heterocycles. The number of carbonyl (C=O) groups is 3. The number of hydrogen-bond acceptors (Lipinski definition) is 10. The number of amides is 2. The van der Waals surface area contributed by atoms with Gasteiger partial charge in [0.1, 0.15) is 11.5 Å². The van der Waals surface area contributed by atoms with Gasteiger partial charge in [-0.3, -0.25) is 29.0 Å². The Balaban J connectivity index is 1.54. The Hall–Kier alpha value is -5.31. The van der Waals surface area contributed by atoms with Crippen molar-refractivity contribution in [2.75, 3.05) is 30.4 Å². The molecule has 3 heterocycles. The van der Waals surface area contributed by atoms with Gasteiger partial charge in [-0.25, -0.2) is 25.4 Å². The van der Waals surface area contributed by atoms with Gasteiger partial charge in [0.2, 0.25) is 17.8 Å². The molecule has 1 aliphatic carbocycles. The number of pyridine rings is 2. The van der Waals surface area contributed by atoms with Gasteiger partial charge in [0, 0.05) is 56.5 Å². The van der Waals surface area contributed by atoms with Crippen molar-refractivity contribution in [3.05, 3.63) is 57.8 Å². The van der Waals surface area contributed by atoms with Crippen molar-refractivity contribution in [3.8, 4) is 0 Å². The summed E-state index contributed by atoms with van der Waals surface area (Å²) in [5.74, 6) is -0.306. The van der Waals surface area contributed by atoms with Crippen LogP contribution < -0.4 is 21.3 Å². The van der Waals surface area contributed by atoms with Gasteiger partial charge in [0.15, 0.2) is 5.78 Å². The van der Waals surface area contributed by atoms with E-state index >= 15 is 0 Å². The standard InChI is InChI=1S/C31H38N10O5/c1-18(28(44)38-46)15-35-31(32-5)39(6)13-14-40(21(4)43)23-11-12-25(33-16-23)36-30-34-17-24-19(2)26(20(3)42)29(45)41(27(24)37-30)22-9-7-8-10-22/h11-12,15-17,22,46H,5,7-10,13-14H2,1-4,6H3,(H,38,44)(H,33,34,36,37)/b18-15+,35-31?. The third kappa shape index (κ3) is 7.31. The molecule has 1 fully saturated rings. The van der Waals surface area contributed by atoms with Gasteiger partial charge in [-0.2, -0.15) is 4.98 Å².